The van der Waals surface area contributed by atoms with Crippen molar-refractivity contribution in [1.29, 1.82) is 0 Å². The van der Waals surface area contributed by atoms with E-state index in [-0.39, 0.29) is 18.3 Å². The summed E-state index contributed by atoms with van der Waals surface area (Å²) < 4.78 is 10.7. The molecule has 0 spiro atoms. The number of anilines is 2. The molecule has 0 aliphatic carbocycles. The molecule has 0 bridgehead atoms. The molecule has 0 saturated heterocycles. The number of ketones is 1. The number of rotatable bonds is 7. The van der Waals surface area contributed by atoms with Crippen LogP contribution in [0.5, 0.6) is 11.5 Å². The van der Waals surface area contributed by atoms with E-state index in [0.29, 0.717) is 27.8 Å². The number of benzene rings is 2. The number of Topliss-reactive ketones (excluding diaryl/α,β-unsaturated/α-hetero) is 1. The molecule has 2 aromatic carbocycles. The van der Waals surface area contributed by atoms with Crippen LogP contribution in [0.15, 0.2) is 36.4 Å². The lowest BCUT2D eigenvalue weighted by atomic mass is 10.1. The average Bonchev–Trinajstić information content (AvgIpc) is 2.59. The Balaban J connectivity index is 2.01. The zero-order chi connectivity index (χ0) is 19.3. The van der Waals surface area contributed by atoms with Crippen molar-refractivity contribution in [3.05, 3.63) is 47.0 Å². The van der Waals surface area contributed by atoms with E-state index < -0.39 is 0 Å². The highest BCUT2D eigenvalue weighted by atomic mass is 35.5. The van der Waals surface area contributed by atoms with Crippen LogP contribution in [0, 0.1) is 0 Å². The van der Waals surface area contributed by atoms with E-state index in [1.54, 1.807) is 30.3 Å². The maximum Gasteiger partial charge on any atom is 0.262 e. The monoisotopic (exact) mass is 376 g/mol. The molecule has 138 valence electrons. The summed E-state index contributed by atoms with van der Waals surface area (Å²) in [5.74, 6) is 0.361. The normalized spacial score (nSPS) is 10.2. The van der Waals surface area contributed by atoms with Crippen LogP contribution in [0.2, 0.25) is 5.02 Å². The van der Waals surface area contributed by atoms with E-state index in [4.69, 9.17) is 21.1 Å². The van der Waals surface area contributed by atoms with Gasteiger partial charge in [-0.2, -0.15) is 0 Å². The van der Waals surface area contributed by atoms with Crippen LogP contribution in [0.25, 0.3) is 0 Å². The first-order valence-electron chi connectivity index (χ1n) is 7.90. The lowest BCUT2D eigenvalue weighted by Crippen LogP contribution is -2.20. The van der Waals surface area contributed by atoms with Gasteiger partial charge in [0.05, 0.1) is 17.8 Å². The predicted octanol–water partition coefficient (Wildman–Crippen LogP) is 3.63. The molecule has 0 aromatic heterocycles. The van der Waals surface area contributed by atoms with E-state index in [9.17, 15) is 9.59 Å². The lowest BCUT2D eigenvalue weighted by molar-refractivity contribution is -0.118. The van der Waals surface area contributed by atoms with Crippen molar-refractivity contribution in [3.63, 3.8) is 0 Å². The second kappa shape index (κ2) is 8.58. The van der Waals surface area contributed by atoms with Crippen LogP contribution in [0.1, 0.15) is 17.3 Å². The van der Waals surface area contributed by atoms with E-state index in [0.717, 1.165) is 5.69 Å². The topological polar surface area (TPSA) is 67.9 Å². The molecule has 0 fully saturated rings. The van der Waals surface area contributed by atoms with Crippen LogP contribution < -0.4 is 19.7 Å². The second-order valence-corrected chi connectivity index (χ2v) is 6.23. The van der Waals surface area contributed by atoms with Gasteiger partial charge in [-0.1, -0.05) is 11.6 Å². The third kappa shape index (κ3) is 4.89. The van der Waals surface area contributed by atoms with Gasteiger partial charge in [-0.15, -0.1) is 0 Å². The molecule has 0 aliphatic heterocycles. The van der Waals surface area contributed by atoms with Gasteiger partial charge in [0.2, 0.25) is 0 Å². The van der Waals surface area contributed by atoms with Crippen LogP contribution in [0.4, 0.5) is 11.4 Å². The highest BCUT2D eigenvalue weighted by Gasteiger charge is 2.11. The molecule has 0 aliphatic rings. The first-order valence-corrected chi connectivity index (χ1v) is 8.28. The molecule has 2 aromatic rings. The highest BCUT2D eigenvalue weighted by molar-refractivity contribution is 6.33. The quantitative estimate of drug-likeness (QED) is 0.747. The van der Waals surface area contributed by atoms with Gasteiger partial charge >= 0.3 is 0 Å². The van der Waals surface area contributed by atoms with Gasteiger partial charge in [0.1, 0.15) is 0 Å². The minimum Gasteiger partial charge on any atom is -0.493 e. The van der Waals surface area contributed by atoms with Gasteiger partial charge in [-0.25, -0.2) is 0 Å². The SMILES string of the molecule is COc1cc(C(C)=O)ccc1OCC(=O)Nc1ccc(N(C)C)c(Cl)c1. The van der Waals surface area contributed by atoms with Gasteiger partial charge < -0.3 is 19.7 Å². The number of carbonyl (C=O) groups excluding carboxylic acids is 2. The fraction of sp³-hybridized carbons (Fsp3) is 0.263. The number of ether oxygens (including phenoxy) is 2. The second-order valence-electron chi connectivity index (χ2n) is 5.82. The van der Waals surface area contributed by atoms with E-state index >= 15 is 0 Å². The largest absolute Gasteiger partial charge is 0.493 e. The average molecular weight is 377 g/mol. The number of hydrogen-bond donors (Lipinski definition) is 1. The zero-order valence-electron chi connectivity index (χ0n) is 15.1. The van der Waals surface area contributed by atoms with Crippen molar-refractivity contribution >= 4 is 34.7 Å². The Kier molecular flexibility index (Phi) is 6.46. The van der Waals surface area contributed by atoms with Crippen LogP contribution in [-0.4, -0.2) is 39.5 Å². The summed E-state index contributed by atoms with van der Waals surface area (Å²) in [7, 11) is 5.25. The smallest absolute Gasteiger partial charge is 0.262 e. The molecular weight excluding hydrogens is 356 g/mol. The van der Waals surface area contributed by atoms with Gasteiger partial charge in [0.25, 0.3) is 5.91 Å². The maximum absolute atomic E-state index is 12.1. The van der Waals surface area contributed by atoms with E-state index in [2.05, 4.69) is 5.32 Å². The van der Waals surface area contributed by atoms with Crippen molar-refractivity contribution in [2.45, 2.75) is 6.92 Å². The van der Waals surface area contributed by atoms with Crippen molar-refractivity contribution in [1.82, 2.24) is 0 Å². The summed E-state index contributed by atoms with van der Waals surface area (Å²) >= 11 is 6.19. The van der Waals surface area contributed by atoms with Crippen LogP contribution in [-0.2, 0) is 4.79 Å². The summed E-state index contributed by atoms with van der Waals surface area (Å²) in [6.45, 7) is 1.26. The third-order valence-electron chi connectivity index (χ3n) is 3.64. The molecule has 0 saturated carbocycles. The first-order chi connectivity index (χ1) is 12.3. The van der Waals surface area contributed by atoms with Crippen molar-refractivity contribution in [3.8, 4) is 11.5 Å². The molecule has 0 atom stereocenters. The highest BCUT2D eigenvalue weighted by Crippen LogP contribution is 2.29. The molecule has 0 unspecified atom stereocenters. The standard InChI is InChI=1S/C19H21ClN2O4/c1-12(23)13-5-8-17(18(9-13)25-4)26-11-19(24)21-14-6-7-16(22(2)3)15(20)10-14/h5-10H,11H2,1-4H3,(H,21,24). The molecule has 2 rings (SSSR count). The van der Waals surface area contributed by atoms with Crippen LogP contribution >= 0.6 is 11.6 Å². The molecular formula is C19H21ClN2O4. The molecule has 6 nitrogen and oxygen atoms in total. The molecule has 1 amide bonds. The van der Waals surface area contributed by atoms with E-state index in [1.165, 1.54) is 14.0 Å². The van der Waals surface area contributed by atoms with Gasteiger partial charge in [0, 0.05) is 25.3 Å². The number of halogens is 1. The molecule has 0 heterocycles. The number of nitrogens with zero attached hydrogens (tertiary/aromatic N) is 1. The number of methoxy groups -OCH3 is 1. The predicted molar refractivity (Wildman–Crippen MR) is 103 cm³/mol. The summed E-state index contributed by atoms with van der Waals surface area (Å²) in [6.07, 6.45) is 0. The number of carbonyl (C=O) groups is 2. The Bertz CT molecular complexity index is 821. The number of nitrogens with one attached hydrogen (secondary N) is 1. The minimum absolute atomic E-state index is 0.0781. The Morgan fingerprint density at radius 3 is 2.42 bits per heavy atom. The fourth-order valence-electron chi connectivity index (χ4n) is 2.29. The molecule has 26 heavy (non-hydrogen) atoms. The van der Waals surface area contributed by atoms with Gasteiger partial charge in [-0.05, 0) is 43.3 Å². The summed E-state index contributed by atoms with van der Waals surface area (Å²) in [4.78, 5) is 25.4. The summed E-state index contributed by atoms with van der Waals surface area (Å²) in [5.41, 5.74) is 1.94. The number of amides is 1. The van der Waals surface area contributed by atoms with Crippen molar-refractivity contribution in [2.75, 3.05) is 38.0 Å². The minimum atomic E-state index is -0.337. The number of hydrogen-bond acceptors (Lipinski definition) is 5. The fourth-order valence-corrected chi connectivity index (χ4v) is 2.64. The summed E-state index contributed by atoms with van der Waals surface area (Å²) in [6, 6.07) is 10.1. The van der Waals surface area contributed by atoms with Crippen molar-refractivity contribution in [2.24, 2.45) is 0 Å². The zero-order valence-corrected chi connectivity index (χ0v) is 15.9. The Labute approximate surface area is 157 Å². The maximum atomic E-state index is 12.1. The molecule has 0 radical (unpaired) electrons. The summed E-state index contributed by atoms with van der Waals surface area (Å²) in [5, 5.41) is 3.26. The van der Waals surface area contributed by atoms with Gasteiger partial charge in [0.15, 0.2) is 23.9 Å². The van der Waals surface area contributed by atoms with E-state index in [1.807, 2.05) is 25.1 Å². The first kappa shape index (κ1) is 19.6. The Morgan fingerprint density at radius 1 is 1.12 bits per heavy atom. The Morgan fingerprint density at radius 2 is 1.85 bits per heavy atom. The van der Waals surface area contributed by atoms with Gasteiger partial charge in [-0.3, -0.25) is 9.59 Å². The Hall–Kier alpha value is -2.73. The van der Waals surface area contributed by atoms with Crippen LogP contribution in [0.3, 0.4) is 0 Å². The third-order valence-corrected chi connectivity index (χ3v) is 3.94. The molecule has 7 heteroatoms. The lowest BCUT2D eigenvalue weighted by Gasteiger charge is -2.15. The van der Waals surface area contributed by atoms with Crippen molar-refractivity contribution < 1.29 is 19.1 Å². The molecule has 1 N–H and O–H groups in total.